The van der Waals surface area contributed by atoms with E-state index in [9.17, 15) is 0 Å². The summed E-state index contributed by atoms with van der Waals surface area (Å²) in [4.78, 5) is 4.46. The lowest BCUT2D eigenvalue weighted by Gasteiger charge is -2.13. The summed E-state index contributed by atoms with van der Waals surface area (Å²) in [6.45, 7) is 5.36. The summed E-state index contributed by atoms with van der Waals surface area (Å²) < 4.78 is 5.33. The molecule has 0 aliphatic rings. The lowest BCUT2D eigenvalue weighted by atomic mass is 10.1. The van der Waals surface area contributed by atoms with Gasteiger partial charge in [0.25, 0.3) is 0 Å². The molecule has 2 aromatic rings. The van der Waals surface area contributed by atoms with Crippen LogP contribution >= 0.6 is 0 Å². The van der Waals surface area contributed by atoms with Gasteiger partial charge in [0.2, 0.25) is 11.7 Å². The van der Waals surface area contributed by atoms with Crippen LogP contribution in [-0.4, -0.2) is 22.7 Å². The second kappa shape index (κ2) is 7.04. The van der Waals surface area contributed by atoms with Gasteiger partial charge in [0.05, 0.1) is 0 Å². The van der Waals surface area contributed by atoms with Crippen LogP contribution in [0.3, 0.4) is 0 Å². The van der Waals surface area contributed by atoms with Crippen molar-refractivity contribution in [3.63, 3.8) is 0 Å². The van der Waals surface area contributed by atoms with E-state index in [1.54, 1.807) is 0 Å². The fraction of sp³-hybridized carbons (Fsp3) is 0.467. The Morgan fingerprint density at radius 3 is 2.68 bits per heavy atom. The van der Waals surface area contributed by atoms with Crippen molar-refractivity contribution in [2.24, 2.45) is 0 Å². The zero-order chi connectivity index (χ0) is 13.5. The Kier molecular flexibility index (Phi) is 5.10. The molecule has 1 aromatic heterocycles. The first-order valence-electron chi connectivity index (χ1n) is 6.94. The quantitative estimate of drug-likeness (QED) is 0.830. The molecular weight excluding hydrogens is 238 g/mol. The molecular formula is C15H21N3O. The highest BCUT2D eigenvalue weighted by Gasteiger charge is 2.13. The summed E-state index contributed by atoms with van der Waals surface area (Å²) in [7, 11) is 0. The van der Waals surface area contributed by atoms with Gasteiger partial charge in [-0.3, -0.25) is 0 Å². The van der Waals surface area contributed by atoms with E-state index in [-0.39, 0.29) is 0 Å². The highest BCUT2D eigenvalue weighted by molar-refractivity contribution is 5.53. The Bertz CT molecular complexity index is 481. The number of aromatic nitrogens is 2. The van der Waals surface area contributed by atoms with E-state index < -0.39 is 0 Å². The van der Waals surface area contributed by atoms with Crippen molar-refractivity contribution >= 4 is 0 Å². The monoisotopic (exact) mass is 259 g/mol. The normalized spacial score (nSPS) is 12.5. The maximum absolute atomic E-state index is 5.33. The first-order valence-corrected chi connectivity index (χ1v) is 6.94. The van der Waals surface area contributed by atoms with Crippen LogP contribution in [0.2, 0.25) is 0 Å². The van der Waals surface area contributed by atoms with Crippen LogP contribution < -0.4 is 5.32 Å². The molecule has 0 aliphatic heterocycles. The molecule has 19 heavy (non-hydrogen) atoms. The summed E-state index contributed by atoms with van der Waals surface area (Å²) in [5, 5.41) is 7.53. The summed E-state index contributed by atoms with van der Waals surface area (Å²) in [6, 6.07) is 10.3. The van der Waals surface area contributed by atoms with Gasteiger partial charge in [-0.25, -0.2) is 0 Å². The van der Waals surface area contributed by atoms with Crippen molar-refractivity contribution in [3.8, 4) is 11.4 Å². The van der Waals surface area contributed by atoms with Crippen molar-refractivity contribution in [3.05, 3.63) is 36.2 Å². The Hall–Kier alpha value is -1.68. The molecule has 1 unspecified atom stereocenters. The molecule has 1 N–H and O–H groups in total. The van der Waals surface area contributed by atoms with Crippen LogP contribution in [-0.2, 0) is 6.42 Å². The van der Waals surface area contributed by atoms with Gasteiger partial charge in [0.15, 0.2) is 0 Å². The second-order valence-corrected chi connectivity index (χ2v) is 4.64. The lowest BCUT2D eigenvalue weighted by Crippen LogP contribution is -2.31. The minimum absolute atomic E-state index is 0.407. The molecule has 0 saturated carbocycles. The average molecular weight is 259 g/mol. The predicted octanol–water partition coefficient (Wildman–Crippen LogP) is 3.06. The first-order chi connectivity index (χ1) is 9.33. The summed E-state index contributed by atoms with van der Waals surface area (Å²) in [6.07, 6.45) is 2.98. The summed E-state index contributed by atoms with van der Waals surface area (Å²) in [5.41, 5.74) is 0.993. The van der Waals surface area contributed by atoms with Crippen molar-refractivity contribution in [1.82, 2.24) is 15.5 Å². The molecule has 0 spiro atoms. The molecule has 0 amide bonds. The lowest BCUT2D eigenvalue weighted by molar-refractivity contribution is 0.354. The number of benzene rings is 1. The number of rotatable bonds is 7. The highest BCUT2D eigenvalue weighted by atomic mass is 16.5. The molecule has 0 radical (unpaired) electrons. The molecule has 4 heteroatoms. The second-order valence-electron chi connectivity index (χ2n) is 4.64. The average Bonchev–Trinajstić information content (AvgIpc) is 2.93. The molecule has 0 bridgehead atoms. The summed E-state index contributed by atoms with van der Waals surface area (Å²) in [5.74, 6) is 1.37. The topological polar surface area (TPSA) is 51.0 Å². The van der Waals surface area contributed by atoms with Crippen molar-refractivity contribution in [1.29, 1.82) is 0 Å². The van der Waals surface area contributed by atoms with E-state index >= 15 is 0 Å². The van der Waals surface area contributed by atoms with Crippen molar-refractivity contribution in [2.45, 2.75) is 39.2 Å². The fourth-order valence-corrected chi connectivity index (χ4v) is 1.96. The zero-order valence-electron chi connectivity index (χ0n) is 11.6. The molecule has 1 aromatic carbocycles. The number of nitrogens with one attached hydrogen (secondary N) is 1. The van der Waals surface area contributed by atoms with Gasteiger partial charge in [0, 0.05) is 18.0 Å². The van der Waals surface area contributed by atoms with Crippen LogP contribution in [0.1, 0.15) is 32.6 Å². The molecule has 1 heterocycles. The first kappa shape index (κ1) is 13.7. The molecule has 4 nitrogen and oxygen atoms in total. The Balaban J connectivity index is 2.01. The van der Waals surface area contributed by atoms with E-state index in [2.05, 4.69) is 29.3 Å². The molecule has 0 saturated heterocycles. The van der Waals surface area contributed by atoms with Gasteiger partial charge in [-0.05, 0) is 19.4 Å². The van der Waals surface area contributed by atoms with Crippen LogP contribution in [0.4, 0.5) is 0 Å². The van der Waals surface area contributed by atoms with Gasteiger partial charge < -0.3 is 9.84 Å². The Morgan fingerprint density at radius 1 is 1.21 bits per heavy atom. The van der Waals surface area contributed by atoms with Crippen molar-refractivity contribution in [2.75, 3.05) is 6.54 Å². The smallest absolute Gasteiger partial charge is 0.228 e. The predicted molar refractivity (Wildman–Crippen MR) is 75.8 cm³/mol. The van der Waals surface area contributed by atoms with E-state index in [4.69, 9.17) is 4.52 Å². The maximum Gasteiger partial charge on any atom is 0.228 e. The number of hydrogen-bond donors (Lipinski definition) is 1. The number of hydrogen-bond acceptors (Lipinski definition) is 4. The van der Waals surface area contributed by atoms with Gasteiger partial charge in [-0.2, -0.15) is 4.98 Å². The SMILES string of the molecule is CCCNC(CC)Cc1nc(-c2ccccc2)no1. The van der Waals surface area contributed by atoms with Gasteiger partial charge in [0.1, 0.15) is 0 Å². The molecule has 2 rings (SSSR count). The third-order valence-electron chi connectivity index (χ3n) is 3.10. The Morgan fingerprint density at radius 2 is 2.00 bits per heavy atom. The molecule has 0 fully saturated rings. The minimum Gasteiger partial charge on any atom is -0.339 e. The van der Waals surface area contributed by atoms with Gasteiger partial charge >= 0.3 is 0 Å². The van der Waals surface area contributed by atoms with Crippen LogP contribution in [0.25, 0.3) is 11.4 Å². The van der Waals surface area contributed by atoms with Crippen LogP contribution in [0.15, 0.2) is 34.9 Å². The zero-order valence-corrected chi connectivity index (χ0v) is 11.6. The van der Waals surface area contributed by atoms with E-state index in [1.165, 1.54) is 0 Å². The van der Waals surface area contributed by atoms with E-state index in [0.29, 0.717) is 17.8 Å². The number of nitrogens with zero attached hydrogens (tertiary/aromatic N) is 2. The maximum atomic E-state index is 5.33. The van der Waals surface area contributed by atoms with E-state index in [0.717, 1.165) is 31.4 Å². The molecule has 102 valence electrons. The van der Waals surface area contributed by atoms with Crippen molar-refractivity contribution < 1.29 is 4.52 Å². The standard InChI is InChI=1S/C15H21N3O/c1-3-10-16-13(4-2)11-14-17-15(18-19-14)12-8-6-5-7-9-12/h5-9,13,16H,3-4,10-11H2,1-2H3. The molecule has 0 aliphatic carbocycles. The third-order valence-corrected chi connectivity index (χ3v) is 3.10. The van der Waals surface area contributed by atoms with Gasteiger partial charge in [-0.15, -0.1) is 0 Å². The fourth-order valence-electron chi connectivity index (χ4n) is 1.96. The molecule has 1 atom stereocenters. The van der Waals surface area contributed by atoms with Gasteiger partial charge in [-0.1, -0.05) is 49.3 Å². The summed E-state index contributed by atoms with van der Waals surface area (Å²) >= 11 is 0. The van der Waals surface area contributed by atoms with Crippen LogP contribution in [0.5, 0.6) is 0 Å². The minimum atomic E-state index is 0.407. The third kappa shape index (κ3) is 3.89. The largest absolute Gasteiger partial charge is 0.339 e. The highest BCUT2D eigenvalue weighted by Crippen LogP contribution is 2.15. The Labute approximate surface area is 114 Å². The van der Waals surface area contributed by atoms with Crippen LogP contribution in [0, 0.1) is 0 Å². The van der Waals surface area contributed by atoms with E-state index in [1.807, 2.05) is 30.3 Å².